The van der Waals surface area contributed by atoms with E-state index in [1.165, 1.54) is 16.4 Å². The summed E-state index contributed by atoms with van der Waals surface area (Å²) >= 11 is 5.71. The molecule has 4 aromatic rings. The molecule has 0 heterocycles. The zero-order valence-electron chi connectivity index (χ0n) is 21.9. The Morgan fingerprint density at radius 1 is 0.667 bits per heavy atom. The summed E-state index contributed by atoms with van der Waals surface area (Å²) in [4.78, 5) is 11.5. The highest BCUT2D eigenvalue weighted by atomic mass is 35.5. The van der Waals surface area contributed by atoms with E-state index in [1.807, 2.05) is 0 Å². The van der Waals surface area contributed by atoms with Gasteiger partial charge in [-0.3, -0.25) is 4.79 Å². The van der Waals surface area contributed by atoms with Gasteiger partial charge in [-0.1, -0.05) is 123 Å². The molecule has 0 fully saturated rings. The van der Waals surface area contributed by atoms with E-state index in [1.54, 1.807) is 24.3 Å². The zero-order chi connectivity index (χ0) is 26.2. The molecule has 1 nitrogen and oxygen atoms in total. The fourth-order valence-electron chi connectivity index (χ4n) is 5.28. The molecule has 0 aromatic heterocycles. The lowest BCUT2D eigenvalue weighted by atomic mass is 9.07. The fraction of sp³-hybridized carbons (Fsp3) is 0.219. The molecule has 0 bridgehead atoms. The van der Waals surface area contributed by atoms with Crippen LogP contribution in [0.1, 0.15) is 31.1 Å². The van der Waals surface area contributed by atoms with Gasteiger partial charge in [-0.2, -0.15) is 16.4 Å². The molecule has 0 atom stereocenters. The first kappa shape index (κ1) is 27.8. The molecule has 0 N–H and O–H groups in total. The van der Waals surface area contributed by atoms with Crippen molar-refractivity contribution >= 4 is 50.8 Å². The van der Waals surface area contributed by atoms with Crippen LogP contribution in [0.25, 0.3) is 0 Å². The molecule has 4 aromatic carbocycles. The largest absolute Gasteiger partial charge is 0.289 e. The van der Waals surface area contributed by atoms with Gasteiger partial charge in [0.15, 0.2) is 5.75 Å². The van der Waals surface area contributed by atoms with E-state index in [2.05, 4.69) is 124 Å². The van der Waals surface area contributed by atoms with Gasteiger partial charge in [-0.15, -0.1) is 5.31 Å². The van der Waals surface area contributed by atoms with Gasteiger partial charge in [0.2, 0.25) is 5.78 Å². The van der Waals surface area contributed by atoms with E-state index < -0.39 is 6.15 Å². The molecule has 0 unspecified atom stereocenters. The summed E-state index contributed by atoms with van der Waals surface area (Å²) in [5, 5.41) is 0.757. The van der Waals surface area contributed by atoms with Gasteiger partial charge < -0.3 is 0 Å². The molecule has 0 spiro atoms. The number of hydrogen-bond acceptors (Lipinski definition) is 1. The van der Waals surface area contributed by atoms with Crippen molar-refractivity contribution in [3.8, 4) is 0 Å². The van der Waals surface area contributed by atoms with Crippen molar-refractivity contribution in [2.45, 2.75) is 26.1 Å². The van der Waals surface area contributed by atoms with E-state index in [0.29, 0.717) is 10.8 Å². The summed E-state index contributed by atoms with van der Waals surface area (Å²) in [7, 11) is 0.166. The SMILES string of the molecule is CC(C)(C)[B-](c1ccccc1)(c1ccccc1)c1ccccc1.C[S+](C)CC(=O)c1ccc(Cl)cc1. The molecule has 0 radical (unpaired) electrons. The van der Waals surface area contributed by atoms with Crippen molar-refractivity contribution < 1.29 is 4.79 Å². The van der Waals surface area contributed by atoms with Crippen molar-refractivity contribution in [3.63, 3.8) is 0 Å². The van der Waals surface area contributed by atoms with Crippen LogP contribution in [0.2, 0.25) is 10.3 Å². The predicted octanol–water partition coefficient (Wildman–Crippen LogP) is 6.36. The van der Waals surface area contributed by atoms with Crippen molar-refractivity contribution in [3.05, 3.63) is 126 Å². The molecule has 0 saturated heterocycles. The summed E-state index contributed by atoms with van der Waals surface area (Å²) in [6, 6.07) is 40.0. The summed E-state index contributed by atoms with van der Waals surface area (Å²) in [5.41, 5.74) is 4.96. The Kier molecular flexibility index (Phi) is 9.65. The van der Waals surface area contributed by atoms with Crippen LogP contribution in [0.5, 0.6) is 0 Å². The van der Waals surface area contributed by atoms with E-state index in [4.69, 9.17) is 11.6 Å². The van der Waals surface area contributed by atoms with Gasteiger partial charge in [0, 0.05) is 10.6 Å². The summed E-state index contributed by atoms with van der Waals surface area (Å²) in [5.74, 6) is 0.826. The molecule has 0 aliphatic rings. The Hall–Kier alpha value is -2.75. The number of hydrogen-bond donors (Lipinski definition) is 0. The molecule has 4 rings (SSSR count). The Labute approximate surface area is 225 Å². The highest BCUT2D eigenvalue weighted by Crippen LogP contribution is 2.35. The monoisotopic (exact) mass is 514 g/mol. The van der Waals surface area contributed by atoms with Crippen LogP contribution in [0.4, 0.5) is 0 Å². The van der Waals surface area contributed by atoms with Crippen molar-refractivity contribution in [2.75, 3.05) is 18.3 Å². The normalized spacial score (nSPS) is 11.5. The number of carbonyl (C=O) groups is 1. The standard InChI is InChI=1S/C22H24B.C10H12ClOS/c1-22(2,3)23(19-13-7-4-8-14-19,20-15-9-5-10-16-20)21-17-11-6-12-18-21;1-13(2)7-10(12)8-3-5-9(11)6-4-8/h4-18H,1-3H3;3-6H,7H2,1-2H3/q-1;+1. The molecule has 0 saturated carbocycles. The third-order valence-electron chi connectivity index (χ3n) is 6.78. The van der Waals surface area contributed by atoms with Crippen LogP contribution in [0.15, 0.2) is 115 Å². The lowest BCUT2D eigenvalue weighted by Crippen LogP contribution is -2.72. The van der Waals surface area contributed by atoms with Gasteiger partial charge in [-0.05, 0) is 35.2 Å². The summed E-state index contributed by atoms with van der Waals surface area (Å²) in [6.45, 7) is 7.08. The third kappa shape index (κ3) is 6.52. The third-order valence-corrected chi connectivity index (χ3v) is 7.88. The van der Waals surface area contributed by atoms with Crippen LogP contribution < -0.4 is 16.4 Å². The molecule has 0 aliphatic heterocycles. The first-order valence-corrected chi connectivity index (χ1v) is 14.9. The van der Waals surface area contributed by atoms with E-state index in [0.717, 1.165) is 5.56 Å². The van der Waals surface area contributed by atoms with E-state index in [9.17, 15) is 4.79 Å². The maximum atomic E-state index is 11.5. The van der Waals surface area contributed by atoms with Gasteiger partial charge in [0.05, 0.1) is 18.7 Å². The Morgan fingerprint density at radius 2 is 1.03 bits per heavy atom. The fourth-order valence-corrected chi connectivity index (χ4v) is 6.10. The minimum atomic E-state index is -1.06. The first-order chi connectivity index (χ1) is 17.2. The minimum Gasteiger partial charge on any atom is -0.289 e. The predicted molar refractivity (Wildman–Crippen MR) is 164 cm³/mol. The number of ketones is 1. The number of carbonyl (C=O) groups excluding carboxylic acids is 1. The molecule has 4 heteroatoms. The topological polar surface area (TPSA) is 17.1 Å². The van der Waals surface area contributed by atoms with Crippen LogP contribution in [0, 0.1) is 0 Å². The van der Waals surface area contributed by atoms with Crippen LogP contribution in [0.3, 0.4) is 0 Å². The molecule has 36 heavy (non-hydrogen) atoms. The first-order valence-electron chi connectivity index (χ1n) is 12.3. The smallest absolute Gasteiger partial charge is 0.211 e. The van der Waals surface area contributed by atoms with Crippen LogP contribution >= 0.6 is 11.6 Å². The lowest BCUT2D eigenvalue weighted by molar-refractivity contribution is 0.102. The van der Waals surface area contributed by atoms with Crippen LogP contribution in [-0.4, -0.2) is 30.2 Å². The van der Waals surface area contributed by atoms with Crippen molar-refractivity contribution in [2.24, 2.45) is 0 Å². The molecule has 0 amide bonds. The zero-order valence-corrected chi connectivity index (χ0v) is 23.5. The van der Waals surface area contributed by atoms with Crippen molar-refractivity contribution in [1.82, 2.24) is 0 Å². The Bertz CT molecular complexity index is 1120. The number of rotatable bonds is 6. The molecule has 0 aliphatic carbocycles. The molecule has 186 valence electrons. The van der Waals surface area contributed by atoms with Gasteiger partial charge in [-0.25, -0.2) is 0 Å². The van der Waals surface area contributed by atoms with Gasteiger partial charge in [0.25, 0.3) is 0 Å². The van der Waals surface area contributed by atoms with E-state index in [-0.39, 0.29) is 22.0 Å². The summed E-state index contributed by atoms with van der Waals surface area (Å²) in [6.07, 6.45) is 3.07. The minimum absolute atomic E-state index is 0.0874. The Balaban J connectivity index is 0.000000236. The van der Waals surface area contributed by atoms with E-state index >= 15 is 0 Å². The number of halogens is 1. The Morgan fingerprint density at radius 3 is 1.33 bits per heavy atom. The highest BCUT2D eigenvalue weighted by molar-refractivity contribution is 7.96. The average Bonchev–Trinajstić information content (AvgIpc) is 2.86. The molecular weight excluding hydrogens is 479 g/mol. The summed E-state index contributed by atoms with van der Waals surface area (Å²) < 4.78 is 0. The second kappa shape index (κ2) is 12.5. The van der Waals surface area contributed by atoms with Gasteiger partial charge in [0.1, 0.15) is 0 Å². The van der Waals surface area contributed by atoms with Crippen molar-refractivity contribution in [1.29, 1.82) is 0 Å². The number of Topliss-reactive ketones (excluding diaryl/α,β-unsaturated/α-hetero) is 1. The van der Waals surface area contributed by atoms with Crippen LogP contribution in [-0.2, 0) is 10.9 Å². The average molecular weight is 515 g/mol. The highest BCUT2D eigenvalue weighted by Gasteiger charge is 2.39. The number of benzene rings is 4. The van der Waals surface area contributed by atoms with Gasteiger partial charge >= 0.3 is 0 Å². The quantitative estimate of drug-likeness (QED) is 0.166. The second-order valence-electron chi connectivity index (χ2n) is 10.5. The lowest BCUT2D eigenvalue weighted by Gasteiger charge is -2.54. The second-order valence-corrected chi connectivity index (χ2v) is 13.2. The molecular formula is C32H36BClOS. The maximum Gasteiger partial charge on any atom is 0.211 e. The maximum absolute atomic E-state index is 11.5.